The molecule has 232 valence electrons. The highest BCUT2D eigenvalue weighted by Gasteiger charge is 2.57. The van der Waals surface area contributed by atoms with Crippen LogP contribution in [0, 0.1) is 23.0 Å². The largest absolute Gasteiger partial charge is 0.488 e. The third kappa shape index (κ3) is 6.48. The molecule has 0 aromatic heterocycles. The Morgan fingerprint density at radius 1 is 1.00 bits per heavy atom. The Labute approximate surface area is 254 Å². The molecule has 1 saturated carbocycles. The fourth-order valence-corrected chi connectivity index (χ4v) is 4.84. The number of nitrogens with one attached hydrogen (secondary N) is 1. The van der Waals surface area contributed by atoms with Crippen molar-refractivity contribution in [1.82, 2.24) is 0 Å². The van der Waals surface area contributed by atoms with Gasteiger partial charge in [-0.15, -0.1) is 0 Å². The molecule has 2 aromatic carbocycles. The summed E-state index contributed by atoms with van der Waals surface area (Å²) >= 11 is 0. The second-order valence-corrected chi connectivity index (χ2v) is 10.3. The molecule has 0 spiro atoms. The number of nitrogens with zero attached hydrogens (tertiary/aromatic N) is 3. The van der Waals surface area contributed by atoms with E-state index in [2.05, 4.69) is 9.98 Å². The third-order valence-electron chi connectivity index (χ3n) is 7.42. The van der Waals surface area contributed by atoms with Gasteiger partial charge in [0.05, 0.1) is 36.5 Å². The molecular weight excluding hydrogens is 576 g/mol. The highest BCUT2D eigenvalue weighted by atomic mass is 19.1. The van der Waals surface area contributed by atoms with Crippen LogP contribution in [0.25, 0.3) is 0 Å². The van der Waals surface area contributed by atoms with Gasteiger partial charge in [0.25, 0.3) is 0 Å². The summed E-state index contributed by atoms with van der Waals surface area (Å²) in [6.07, 6.45) is 5.27. The molecule has 1 aliphatic heterocycles. The molecule has 13 heteroatoms. The molecule has 2 aliphatic carbocycles. The Kier molecular flexibility index (Phi) is 8.94. The van der Waals surface area contributed by atoms with Gasteiger partial charge in [-0.05, 0) is 61.4 Å². The van der Waals surface area contributed by atoms with Gasteiger partial charge >= 0.3 is 0 Å². The van der Waals surface area contributed by atoms with E-state index in [-0.39, 0.29) is 49.0 Å². The molecule has 11 nitrogen and oxygen atoms in total. The number of anilines is 3. The van der Waals surface area contributed by atoms with Gasteiger partial charge in [0, 0.05) is 26.0 Å². The van der Waals surface area contributed by atoms with E-state index in [0.29, 0.717) is 24.7 Å². The van der Waals surface area contributed by atoms with Crippen molar-refractivity contribution in [1.29, 1.82) is 0 Å². The van der Waals surface area contributed by atoms with Crippen molar-refractivity contribution in [2.24, 2.45) is 27.1 Å². The van der Waals surface area contributed by atoms with Crippen LogP contribution in [-0.2, 0) is 28.5 Å². The van der Waals surface area contributed by atoms with Crippen LogP contribution in [0.3, 0.4) is 0 Å². The minimum Gasteiger partial charge on any atom is -0.488 e. The fourth-order valence-electron chi connectivity index (χ4n) is 4.84. The van der Waals surface area contributed by atoms with E-state index >= 15 is 4.39 Å². The van der Waals surface area contributed by atoms with Crippen molar-refractivity contribution in [3.63, 3.8) is 0 Å². The number of benzene rings is 2. The second-order valence-electron chi connectivity index (χ2n) is 10.3. The molecule has 44 heavy (non-hydrogen) atoms. The number of carbonyl (C=O) groups is 2. The number of amidine groups is 1. The zero-order valence-electron chi connectivity index (χ0n) is 25.2. The summed E-state index contributed by atoms with van der Waals surface area (Å²) in [5, 5.41) is 0.853. The number of hydrogen-bond donors (Lipinski definition) is 2. The first-order valence-corrected chi connectivity index (χ1v) is 14.0. The van der Waals surface area contributed by atoms with Crippen LogP contribution in [0.5, 0.6) is 0 Å². The van der Waals surface area contributed by atoms with Crippen LogP contribution in [0.1, 0.15) is 12.8 Å². The first-order valence-electron chi connectivity index (χ1n) is 14.4. The molecule has 2 unspecified atom stereocenters. The summed E-state index contributed by atoms with van der Waals surface area (Å²) < 4.78 is 60.3. The standard InChI is InChI=1S/C31H33F2N5O6/c1-41-11-13-43-26-16-22-25(17-27(26)44-14-12-42-2)35-18-36-28(22)37-24-8-7-21(15-23(24)33)38(20-5-3-19(32)4-6-20)30(40)31(9-10-31)29(34)39/h3-8,15-18,22,25H,9-14H2,1-2H3,(H2,34,39)(H,35,36,37)/i/hD. The van der Waals surface area contributed by atoms with Crippen LogP contribution < -0.4 is 15.9 Å². The molecule has 2 aromatic rings. The second kappa shape index (κ2) is 13.3. The van der Waals surface area contributed by atoms with E-state index < -0.39 is 40.8 Å². The van der Waals surface area contributed by atoms with Gasteiger partial charge in [0.15, 0.2) is 12.9 Å². The molecule has 0 saturated heterocycles. The number of primary amides is 1. The van der Waals surface area contributed by atoms with Crippen molar-refractivity contribution in [2.45, 2.75) is 18.9 Å². The number of carbonyl (C=O) groups excluding carboxylic acids is 2. The Morgan fingerprint density at radius 3 is 2.23 bits per heavy atom. The van der Waals surface area contributed by atoms with E-state index in [1.54, 1.807) is 26.4 Å². The van der Waals surface area contributed by atoms with Crippen molar-refractivity contribution in [2.75, 3.05) is 50.9 Å². The first-order chi connectivity index (χ1) is 21.7. The van der Waals surface area contributed by atoms with Gasteiger partial charge in [0.1, 0.15) is 42.4 Å². The zero-order valence-corrected chi connectivity index (χ0v) is 24.2. The van der Waals surface area contributed by atoms with Gasteiger partial charge in [-0.3, -0.25) is 19.5 Å². The van der Waals surface area contributed by atoms with Gasteiger partial charge in [-0.1, -0.05) is 0 Å². The predicted molar refractivity (Wildman–Crippen MR) is 159 cm³/mol. The number of methoxy groups -OCH3 is 2. The summed E-state index contributed by atoms with van der Waals surface area (Å²) in [5.41, 5.74) is 4.27. The van der Waals surface area contributed by atoms with Gasteiger partial charge in [-0.25, -0.2) is 13.8 Å². The minimum absolute atomic E-state index is 0.0750. The minimum atomic E-state index is -1.42. The highest BCUT2D eigenvalue weighted by Crippen LogP contribution is 2.49. The van der Waals surface area contributed by atoms with E-state index in [1.165, 1.54) is 30.6 Å². The summed E-state index contributed by atoms with van der Waals surface area (Å²) in [6, 6.07) is 8.34. The molecule has 1 fully saturated rings. The Bertz CT molecular complexity index is 1560. The zero-order chi connectivity index (χ0) is 32.1. The monoisotopic (exact) mass is 610 g/mol. The van der Waals surface area contributed by atoms with Crippen LogP contribution >= 0.6 is 0 Å². The maximum Gasteiger partial charge on any atom is 0.247 e. The molecule has 5 rings (SSSR count). The topological polar surface area (TPSA) is 137 Å². The van der Waals surface area contributed by atoms with Gasteiger partial charge < -0.3 is 30.0 Å². The number of aliphatic imine (C=N–C) groups is 2. The van der Waals surface area contributed by atoms with Crippen LogP contribution in [-0.4, -0.2) is 70.7 Å². The molecule has 0 bridgehead atoms. The lowest BCUT2D eigenvalue weighted by Crippen LogP contribution is -2.41. The maximum absolute atomic E-state index is 15.8. The number of halogens is 2. The number of amides is 2. The lowest BCUT2D eigenvalue weighted by molar-refractivity contribution is -0.133. The van der Waals surface area contributed by atoms with Crippen molar-refractivity contribution in [3.05, 3.63) is 77.8 Å². The average molecular weight is 611 g/mol. The summed E-state index contributed by atoms with van der Waals surface area (Å²) in [6.45, 7) is 1.20. The lowest BCUT2D eigenvalue weighted by Gasteiger charge is -2.30. The van der Waals surface area contributed by atoms with Crippen LogP contribution in [0.2, 0.25) is 1.41 Å². The molecule has 1 heterocycles. The maximum atomic E-state index is 15.8. The van der Waals surface area contributed by atoms with Crippen molar-refractivity contribution < 1.29 is 38.7 Å². The number of ether oxygens (including phenoxy) is 4. The smallest absolute Gasteiger partial charge is 0.247 e. The Morgan fingerprint density at radius 2 is 1.64 bits per heavy atom. The molecule has 0 radical (unpaired) electrons. The number of hydrogen-bond acceptors (Lipinski definition) is 9. The molecular formula is C31H33F2N5O6. The van der Waals surface area contributed by atoms with Gasteiger partial charge in [-0.2, -0.15) is 0 Å². The number of rotatable bonds is 13. The van der Waals surface area contributed by atoms with E-state index in [0.717, 1.165) is 28.4 Å². The summed E-state index contributed by atoms with van der Waals surface area (Å²) in [7, 11) is 3.11. The van der Waals surface area contributed by atoms with E-state index in [4.69, 9.17) is 26.1 Å². The lowest BCUT2D eigenvalue weighted by atomic mass is 9.91. The van der Waals surface area contributed by atoms with E-state index in [1.807, 2.05) is 0 Å². The average Bonchev–Trinajstić information content (AvgIpc) is 3.85. The molecule has 3 aliphatic rings. The molecule has 2 amide bonds. The predicted octanol–water partition coefficient (Wildman–Crippen LogP) is 3.84. The first kappa shape index (κ1) is 29.5. The SMILES string of the molecule is [2H]N(C1=NC=NC2C=C(OCCOC)C(OCCOC)=CC12)c1ccc(N(C(=O)C2(C(N)=O)CC2)c2ccc(F)cc2)cc1F. The van der Waals surface area contributed by atoms with Crippen molar-refractivity contribution >= 4 is 41.1 Å². The normalized spacial score (nSPS) is 19.9. The van der Waals surface area contributed by atoms with Gasteiger partial charge in [0.2, 0.25) is 11.8 Å². The Balaban J connectivity index is 1.44. The fraction of sp³-hybridized carbons (Fsp3) is 0.355. The number of nitrogens with two attached hydrogens (primary N) is 1. The van der Waals surface area contributed by atoms with Crippen LogP contribution in [0.4, 0.5) is 25.8 Å². The van der Waals surface area contributed by atoms with Crippen molar-refractivity contribution in [3.8, 4) is 0 Å². The summed E-state index contributed by atoms with van der Waals surface area (Å²) in [4.78, 5) is 35.6. The highest BCUT2D eigenvalue weighted by molar-refractivity contribution is 6.16. The molecule has 2 atom stereocenters. The molecule has 3 N–H and O–H groups in total. The van der Waals surface area contributed by atoms with Crippen LogP contribution in [0.15, 0.2) is 76.1 Å². The van der Waals surface area contributed by atoms with E-state index in [9.17, 15) is 14.0 Å². The number of fused-ring (bicyclic) bond motifs is 1. The quantitative estimate of drug-likeness (QED) is 0.260. The summed E-state index contributed by atoms with van der Waals surface area (Å²) in [5.74, 6) is -2.39. The third-order valence-corrected chi connectivity index (χ3v) is 7.42. The Hall–Kier alpha value is -4.62.